The third-order valence-corrected chi connectivity index (χ3v) is 4.18. The fourth-order valence-electron chi connectivity index (χ4n) is 2.86. The third-order valence-electron chi connectivity index (χ3n) is 4.18. The Morgan fingerprint density at radius 2 is 2.04 bits per heavy atom. The Bertz CT molecular complexity index is 752. The fourth-order valence-corrected chi connectivity index (χ4v) is 2.86. The normalized spacial score (nSPS) is 12.6. The van der Waals surface area contributed by atoms with Crippen LogP contribution in [0.5, 0.6) is 5.75 Å². The Morgan fingerprint density at radius 1 is 1.28 bits per heavy atom. The van der Waals surface area contributed by atoms with Crippen LogP contribution in [-0.4, -0.2) is 16.1 Å². The quantitative estimate of drug-likeness (QED) is 0.416. The maximum atomic E-state index is 11.5. The maximum absolute atomic E-state index is 11.5. The average Bonchev–Trinajstić information content (AvgIpc) is 2.59. The van der Waals surface area contributed by atoms with Crippen LogP contribution in [0.4, 0.5) is 0 Å². The van der Waals surface area contributed by atoms with Gasteiger partial charge in [-0.05, 0) is 31.9 Å². The molecule has 0 aliphatic rings. The molecule has 0 bridgehead atoms. The van der Waals surface area contributed by atoms with Gasteiger partial charge in [0.2, 0.25) is 0 Å². The van der Waals surface area contributed by atoms with Crippen molar-refractivity contribution in [3.63, 3.8) is 0 Å². The Balaban J connectivity index is 2.26. The van der Waals surface area contributed by atoms with Crippen molar-refractivity contribution >= 4 is 16.9 Å². The van der Waals surface area contributed by atoms with Crippen molar-refractivity contribution in [1.82, 2.24) is 4.98 Å². The first-order valence-corrected chi connectivity index (χ1v) is 8.97. The summed E-state index contributed by atoms with van der Waals surface area (Å²) >= 11 is 0. The SMILES string of the molecule is CCCCCCC=CC(O)c1nc2ccccc2c(OC(C)=O)c1C. The van der Waals surface area contributed by atoms with Gasteiger partial charge in [-0.25, -0.2) is 4.98 Å². The number of carbonyl (C=O) groups is 1. The van der Waals surface area contributed by atoms with Gasteiger partial charge in [-0.15, -0.1) is 0 Å². The van der Waals surface area contributed by atoms with Gasteiger partial charge in [0.05, 0.1) is 11.2 Å². The Labute approximate surface area is 149 Å². The lowest BCUT2D eigenvalue weighted by molar-refractivity contribution is -0.131. The minimum Gasteiger partial charge on any atom is -0.426 e. The number of nitrogens with zero attached hydrogens (tertiary/aromatic N) is 1. The first-order chi connectivity index (χ1) is 12.0. The predicted molar refractivity (Wildman–Crippen MR) is 101 cm³/mol. The van der Waals surface area contributed by atoms with Gasteiger partial charge in [-0.3, -0.25) is 4.79 Å². The number of pyridine rings is 1. The van der Waals surface area contributed by atoms with Gasteiger partial charge in [0.15, 0.2) is 0 Å². The molecule has 1 unspecified atom stereocenters. The van der Waals surface area contributed by atoms with E-state index in [1.807, 2.05) is 37.3 Å². The smallest absolute Gasteiger partial charge is 0.308 e. The van der Waals surface area contributed by atoms with Gasteiger partial charge in [0, 0.05) is 17.9 Å². The zero-order valence-electron chi connectivity index (χ0n) is 15.3. The summed E-state index contributed by atoms with van der Waals surface area (Å²) in [5, 5.41) is 11.3. The van der Waals surface area contributed by atoms with E-state index in [-0.39, 0.29) is 5.97 Å². The number of hydrogen-bond donors (Lipinski definition) is 1. The number of allylic oxidation sites excluding steroid dienone is 1. The molecule has 4 nitrogen and oxygen atoms in total. The second kappa shape index (κ2) is 9.33. The molecule has 2 rings (SSSR count). The van der Waals surface area contributed by atoms with Crippen LogP contribution in [0.2, 0.25) is 0 Å². The number of ether oxygens (including phenoxy) is 1. The fraction of sp³-hybridized carbons (Fsp3) is 0.429. The van der Waals surface area contributed by atoms with Crippen LogP contribution in [0.3, 0.4) is 0 Å². The van der Waals surface area contributed by atoms with Crippen molar-refractivity contribution in [3.8, 4) is 5.75 Å². The predicted octanol–water partition coefficient (Wildman–Crippen LogP) is 5.03. The van der Waals surface area contributed by atoms with Crippen LogP contribution in [-0.2, 0) is 4.79 Å². The third kappa shape index (κ3) is 5.13. The van der Waals surface area contributed by atoms with E-state index in [0.29, 0.717) is 22.5 Å². The highest BCUT2D eigenvalue weighted by Gasteiger charge is 2.18. The van der Waals surface area contributed by atoms with E-state index >= 15 is 0 Å². The van der Waals surface area contributed by atoms with Crippen molar-refractivity contribution in [2.75, 3.05) is 0 Å². The number of fused-ring (bicyclic) bond motifs is 1. The molecule has 1 heterocycles. The van der Waals surface area contributed by atoms with E-state index in [4.69, 9.17) is 4.74 Å². The van der Waals surface area contributed by atoms with E-state index in [2.05, 4.69) is 11.9 Å². The zero-order valence-corrected chi connectivity index (χ0v) is 15.3. The molecular formula is C21H27NO3. The highest BCUT2D eigenvalue weighted by Crippen LogP contribution is 2.33. The number of esters is 1. The maximum Gasteiger partial charge on any atom is 0.308 e. The molecule has 0 saturated carbocycles. The summed E-state index contributed by atoms with van der Waals surface area (Å²) < 4.78 is 5.40. The van der Waals surface area contributed by atoms with E-state index < -0.39 is 6.10 Å². The van der Waals surface area contributed by atoms with Crippen LogP contribution in [0.15, 0.2) is 36.4 Å². The number of aromatic nitrogens is 1. The number of hydrogen-bond acceptors (Lipinski definition) is 4. The molecule has 134 valence electrons. The number of aliphatic hydroxyl groups is 1. The Kier molecular flexibility index (Phi) is 7.14. The first-order valence-electron chi connectivity index (χ1n) is 8.97. The summed E-state index contributed by atoms with van der Waals surface area (Å²) in [4.78, 5) is 16.0. The molecule has 2 aromatic rings. The van der Waals surface area contributed by atoms with Gasteiger partial charge in [0.25, 0.3) is 0 Å². The molecule has 4 heteroatoms. The molecule has 0 aliphatic heterocycles. The molecule has 1 atom stereocenters. The summed E-state index contributed by atoms with van der Waals surface area (Å²) in [6, 6.07) is 7.48. The lowest BCUT2D eigenvalue weighted by Crippen LogP contribution is -2.08. The molecule has 0 amide bonds. The van der Waals surface area contributed by atoms with Gasteiger partial charge in [0.1, 0.15) is 11.9 Å². The number of rotatable bonds is 8. The molecule has 1 N–H and O–H groups in total. The largest absolute Gasteiger partial charge is 0.426 e. The molecule has 1 aromatic heterocycles. The highest BCUT2D eigenvalue weighted by atomic mass is 16.5. The van der Waals surface area contributed by atoms with E-state index in [1.165, 1.54) is 26.2 Å². The van der Waals surface area contributed by atoms with Gasteiger partial charge in [-0.2, -0.15) is 0 Å². The minimum absolute atomic E-state index is 0.383. The second-order valence-electron chi connectivity index (χ2n) is 6.28. The molecule has 0 radical (unpaired) electrons. The van der Waals surface area contributed by atoms with Crippen LogP contribution in [0, 0.1) is 6.92 Å². The first kappa shape index (κ1) is 19.1. The van der Waals surface area contributed by atoms with Crippen LogP contribution in [0.1, 0.15) is 63.3 Å². The van der Waals surface area contributed by atoms with E-state index in [1.54, 1.807) is 6.08 Å². The minimum atomic E-state index is -0.815. The highest BCUT2D eigenvalue weighted by molar-refractivity contribution is 5.89. The molecule has 0 aliphatic carbocycles. The van der Waals surface area contributed by atoms with E-state index in [9.17, 15) is 9.90 Å². The van der Waals surface area contributed by atoms with E-state index in [0.717, 1.165) is 18.2 Å². The van der Waals surface area contributed by atoms with Crippen molar-refractivity contribution in [1.29, 1.82) is 0 Å². The summed E-state index contributed by atoms with van der Waals surface area (Å²) in [5.41, 5.74) is 1.92. The monoisotopic (exact) mass is 341 g/mol. The summed E-state index contributed by atoms with van der Waals surface area (Å²) in [5.74, 6) is 0.0925. The number of carbonyl (C=O) groups excluding carboxylic acids is 1. The molecule has 25 heavy (non-hydrogen) atoms. The molecule has 0 fully saturated rings. The number of para-hydroxylation sites is 1. The standard InChI is InChI=1S/C21H27NO3/c1-4-5-6-7-8-9-14-19(24)20-15(2)21(25-16(3)23)17-12-10-11-13-18(17)22-20/h9-14,19,24H,4-8H2,1-3H3. The number of benzene rings is 1. The van der Waals surface area contributed by atoms with Crippen molar-refractivity contribution < 1.29 is 14.6 Å². The molecular weight excluding hydrogens is 314 g/mol. The van der Waals surface area contributed by atoms with Crippen molar-refractivity contribution in [2.45, 2.75) is 59.0 Å². The molecule has 0 saturated heterocycles. The summed E-state index contributed by atoms with van der Waals surface area (Å²) in [6.45, 7) is 5.39. The number of aliphatic hydroxyl groups excluding tert-OH is 1. The van der Waals surface area contributed by atoms with Gasteiger partial charge in [-0.1, -0.05) is 50.5 Å². The van der Waals surface area contributed by atoms with Crippen LogP contribution >= 0.6 is 0 Å². The van der Waals surface area contributed by atoms with Crippen LogP contribution in [0.25, 0.3) is 10.9 Å². The Hall–Kier alpha value is -2.20. The zero-order chi connectivity index (χ0) is 18.2. The molecule has 1 aromatic carbocycles. The van der Waals surface area contributed by atoms with Crippen molar-refractivity contribution in [2.24, 2.45) is 0 Å². The lowest BCUT2D eigenvalue weighted by atomic mass is 10.0. The van der Waals surface area contributed by atoms with Crippen molar-refractivity contribution in [3.05, 3.63) is 47.7 Å². The Morgan fingerprint density at radius 3 is 2.76 bits per heavy atom. The lowest BCUT2D eigenvalue weighted by Gasteiger charge is -2.15. The second-order valence-corrected chi connectivity index (χ2v) is 6.28. The molecule has 0 spiro atoms. The van der Waals surface area contributed by atoms with Gasteiger partial charge >= 0.3 is 5.97 Å². The topological polar surface area (TPSA) is 59.4 Å². The van der Waals surface area contributed by atoms with Gasteiger partial charge < -0.3 is 9.84 Å². The summed E-state index contributed by atoms with van der Waals surface area (Å²) in [6.07, 6.45) is 8.70. The average molecular weight is 341 g/mol. The van der Waals surface area contributed by atoms with Crippen LogP contribution < -0.4 is 4.74 Å². The summed E-state index contributed by atoms with van der Waals surface area (Å²) in [7, 11) is 0. The number of unbranched alkanes of at least 4 members (excludes halogenated alkanes) is 4.